The lowest BCUT2D eigenvalue weighted by Gasteiger charge is -2.06. The van der Waals surface area contributed by atoms with E-state index in [1.165, 1.54) is 10.9 Å². The van der Waals surface area contributed by atoms with Gasteiger partial charge in [0.25, 0.3) is 5.91 Å². The van der Waals surface area contributed by atoms with Crippen molar-refractivity contribution >= 4 is 22.8 Å². The summed E-state index contributed by atoms with van der Waals surface area (Å²) in [7, 11) is 0. The van der Waals surface area contributed by atoms with Crippen LogP contribution in [-0.2, 0) is 6.42 Å². The largest absolute Gasteiger partial charge is 0.361 e. The van der Waals surface area contributed by atoms with Crippen molar-refractivity contribution in [3.05, 3.63) is 54.0 Å². The molecule has 0 aliphatic heterocycles. The number of carbonyl (C=O) groups excluding carboxylic acids is 1. The molecule has 0 fully saturated rings. The minimum atomic E-state index is -0.168. The number of nitrogens with zero attached hydrogens (tertiary/aromatic N) is 2. The molecule has 0 aliphatic rings. The first kappa shape index (κ1) is 16.0. The fraction of sp³-hybridized carbons (Fsp3) is 0.278. The molecule has 24 heavy (non-hydrogen) atoms. The van der Waals surface area contributed by atoms with Crippen molar-refractivity contribution < 1.29 is 4.79 Å². The Hall–Kier alpha value is -2.89. The van der Waals surface area contributed by atoms with Gasteiger partial charge in [-0.05, 0) is 30.5 Å². The molecule has 2 aromatic heterocycles. The van der Waals surface area contributed by atoms with Gasteiger partial charge < -0.3 is 15.6 Å². The number of para-hydroxylation sites is 1. The third kappa shape index (κ3) is 3.71. The lowest BCUT2D eigenvalue weighted by Crippen LogP contribution is -2.25. The van der Waals surface area contributed by atoms with Gasteiger partial charge in [-0.25, -0.2) is 9.97 Å². The van der Waals surface area contributed by atoms with Crippen LogP contribution in [0.3, 0.4) is 0 Å². The van der Waals surface area contributed by atoms with Gasteiger partial charge in [-0.3, -0.25) is 4.79 Å². The highest BCUT2D eigenvalue weighted by molar-refractivity contribution is 5.92. The number of carbonyl (C=O) groups is 1. The second-order valence-electron chi connectivity index (χ2n) is 5.56. The van der Waals surface area contributed by atoms with Gasteiger partial charge in [0.2, 0.25) is 5.95 Å². The molecule has 2 heterocycles. The molecule has 0 saturated heterocycles. The number of aromatic nitrogens is 3. The van der Waals surface area contributed by atoms with Gasteiger partial charge in [0.1, 0.15) is 5.69 Å². The van der Waals surface area contributed by atoms with Crippen molar-refractivity contribution in [1.82, 2.24) is 20.3 Å². The van der Waals surface area contributed by atoms with E-state index in [2.05, 4.69) is 37.7 Å². The van der Waals surface area contributed by atoms with E-state index in [-0.39, 0.29) is 5.91 Å². The van der Waals surface area contributed by atoms with E-state index in [0.717, 1.165) is 18.4 Å². The van der Waals surface area contributed by atoms with E-state index in [0.29, 0.717) is 24.7 Å². The first-order valence-electron chi connectivity index (χ1n) is 8.18. The van der Waals surface area contributed by atoms with E-state index in [1.54, 1.807) is 12.3 Å². The van der Waals surface area contributed by atoms with Crippen molar-refractivity contribution in [2.45, 2.75) is 19.8 Å². The summed E-state index contributed by atoms with van der Waals surface area (Å²) in [6, 6.07) is 9.85. The Bertz CT molecular complexity index is 827. The summed E-state index contributed by atoms with van der Waals surface area (Å²) in [5.41, 5.74) is 2.77. The molecule has 0 spiro atoms. The van der Waals surface area contributed by atoms with Crippen LogP contribution in [0.5, 0.6) is 0 Å². The summed E-state index contributed by atoms with van der Waals surface area (Å²) < 4.78 is 0. The van der Waals surface area contributed by atoms with Crippen LogP contribution in [0.15, 0.2) is 42.7 Å². The third-order valence-electron chi connectivity index (χ3n) is 3.78. The van der Waals surface area contributed by atoms with Crippen molar-refractivity contribution in [3.8, 4) is 0 Å². The molecule has 3 N–H and O–H groups in total. The molecule has 124 valence electrons. The summed E-state index contributed by atoms with van der Waals surface area (Å²) in [5.74, 6) is 0.304. The fourth-order valence-corrected chi connectivity index (χ4v) is 2.55. The molecule has 0 aliphatic carbocycles. The molecular formula is C18H21N5O. The molecular weight excluding hydrogens is 302 g/mol. The van der Waals surface area contributed by atoms with Crippen LogP contribution >= 0.6 is 0 Å². The maximum Gasteiger partial charge on any atom is 0.270 e. The Morgan fingerprint density at radius 3 is 2.96 bits per heavy atom. The Balaban J connectivity index is 1.59. The van der Waals surface area contributed by atoms with Crippen molar-refractivity contribution in [1.29, 1.82) is 0 Å². The zero-order chi connectivity index (χ0) is 16.8. The van der Waals surface area contributed by atoms with E-state index >= 15 is 0 Å². The maximum atomic E-state index is 11.9. The summed E-state index contributed by atoms with van der Waals surface area (Å²) in [6.07, 6.45) is 5.37. The first-order valence-corrected chi connectivity index (χ1v) is 8.18. The molecule has 6 heteroatoms. The smallest absolute Gasteiger partial charge is 0.270 e. The normalized spacial score (nSPS) is 10.7. The van der Waals surface area contributed by atoms with Gasteiger partial charge >= 0.3 is 0 Å². The second-order valence-corrected chi connectivity index (χ2v) is 5.56. The Morgan fingerprint density at radius 2 is 2.08 bits per heavy atom. The Morgan fingerprint density at radius 1 is 1.21 bits per heavy atom. The zero-order valence-electron chi connectivity index (χ0n) is 13.7. The van der Waals surface area contributed by atoms with Gasteiger partial charge in [-0.1, -0.05) is 25.1 Å². The number of aromatic amines is 1. The van der Waals surface area contributed by atoms with Crippen LogP contribution in [0, 0.1) is 0 Å². The molecule has 0 bridgehead atoms. The number of benzene rings is 1. The molecule has 3 rings (SSSR count). The minimum Gasteiger partial charge on any atom is -0.361 e. The van der Waals surface area contributed by atoms with Crippen molar-refractivity contribution in [3.63, 3.8) is 0 Å². The lowest BCUT2D eigenvalue weighted by molar-refractivity contribution is 0.0948. The van der Waals surface area contributed by atoms with Crippen LogP contribution in [0.2, 0.25) is 0 Å². The average Bonchev–Trinajstić information content (AvgIpc) is 3.03. The summed E-state index contributed by atoms with van der Waals surface area (Å²) in [5, 5.41) is 7.23. The molecule has 1 aromatic carbocycles. The molecule has 0 atom stereocenters. The Kier molecular flexibility index (Phi) is 5.05. The number of hydrogen-bond acceptors (Lipinski definition) is 4. The number of rotatable bonds is 7. The standard InChI is InChI=1S/C18H21N5O/c1-2-9-19-17(24)16-8-11-21-18(23-16)20-10-7-13-12-22-15-6-4-3-5-14(13)15/h3-6,8,11-12,22H,2,7,9-10H2,1H3,(H,19,24)(H,20,21,23). The number of H-pyrrole nitrogens is 1. The summed E-state index contributed by atoms with van der Waals surface area (Å²) in [4.78, 5) is 23.6. The van der Waals surface area contributed by atoms with E-state index in [1.807, 2.05) is 25.3 Å². The molecule has 3 aromatic rings. The number of fused-ring (bicyclic) bond motifs is 1. The quantitative estimate of drug-likeness (QED) is 0.624. The van der Waals surface area contributed by atoms with Crippen LogP contribution in [0.1, 0.15) is 29.4 Å². The second kappa shape index (κ2) is 7.59. The van der Waals surface area contributed by atoms with Gasteiger partial charge in [0.15, 0.2) is 0 Å². The van der Waals surface area contributed by atoms with E-state index in [9.17, 15) is 4.79 Å². The molecule has 1 amide bonds. The highest BCUT2D eigenvalue weighted by atomic mass is 16.1. The Labute approximate surface area is 140 Å². The molecule has 0 radical (unpaired) electrons. The highest BCUT2D eigenvalue weighted by Gasteiger charge is 2.08. The summed E-state index contributed by atoms with van der Waals surface area (Å²) >= 11 is 0. The van der Waals surface area contributed by atoms with Gasteiger partial charge in [0.05, 0.1) is 0 Å². The van der Waals surface area contributed by atoms with Crippen molar-refractivity contribution in [2.75, 3.05) is 18.4 Å². The van der Waals surface area contributed by atoms with Crippen LogP contribution in [0.4, 0.5) is 5.95 Å². The van der Waals surface area contributed by atoms with Gasteiger partial charge in [0, 0.05) is 36.4 Å². The predicted molar refractivity (Wildman–Crippen MR) is 95.1 cm³/mol. The SMILES string of the molecule is CCCNC(=O)c1ccnc(NCCc2c[nH]c3ccccc23)n1. The maximum absolute atomic E-state index is 11.9. The van der Waals surface area contributed by atoms with Gasteiger partial charge in [-0.15, -0.1) is 0 Å². The summed E-state index contributed by atoms with van der Waals surface area (Å²) in [6.45, 7) is 3.35. The number of nitrogens with one attached hydrogen (secondary N) is 3. The first-order chi connectivity index (χ1) is 11.8. The van der Waals surface area contributed by atoms with E-state index < -0.39 is 0 Å². The lowest BCUT2D eigenvalue weighted by atomic mass is 10.1. The average molecular weight is 323 g/mol. The predicted octanol–water partition coefficient (Wildman–Crippen LogP) is 2.75. The fourth-order valence-electron chi connectivity index (χ4n) is 2.55. The van der Waals surface area contributed by atoms with Crippen LogP contribution in [-0.4, -0.2) is 33.9 Å². The van der Waals surface area contributed by atoms with E-state index in [4.69, 9.17) is 0 Å². The third-order valence-corrected chi connectivity index (χ3v) is 3.78. The monoisotopic (exact) mass is 323 g/mol. The number of hydrogen-bond donors (Lipinski definition) is 3. The van der Waals surface area contributed by atoms with Crippen LogP contribution in [0.25, 0.3) is 10.9 Å². The number of amides is 1. The zero-order valence-corrected chi connectivity index (χ0v) is 13.7. The van der Waals surface area contributed by atoms with Crippen molar-refractivity contribution in [2.24, 2.45) is 0 Å². The topological polar surface area (TPSA) is 82.7 Å². The molecule has 0 unspecified atom stereocenters. The van der Waals surface area contributed by atoms with Gasteiger partial charge in [-0.2, -0.15) is 0 Å². The molecule has 6 nitrogen and oxygen atoms in total. The number of anilines is 1. The highest BCUT2D eigenvalue weighted by Crippen LogP contribution is 2.18. The minimum absolute atomic E-state index is 0.168. The van der Waals surface area contributed by atoms with Crippen LogP contribution < -0.4 is 10.6 Å². The molecule has 0 saturated carbocycles.